The molecule has 0 spiro atoms. The standard InChI is InChI=1S/C26H54NO6P/c1-5-6-7-8-9-10-11-12-13-14-15-16-17-18-22-30-25-26(20-19-23-31-26)33-34(28,29)32-24-21-27(2,3)4/h5-25H2,1-4H3. The maximum Gasteiger partial charge on any atom is 0.270 e. The predicted molar refractivity (Wildman–Crippen MR) is 137 cm³/mol. The number of likely N-dealkylation sites (N-methyl/N-ethyl adjacent to an activating group) is 1. The highest BCUT2D eigenvalue weighted by Crippen LogP contribution is 2.46. The van der Waals surface area contributed by atoms with Crippen LogP contribution in [-0.4, -0.2) is 64.4 Å². The minimum atomic E-state index is -4.45. The van der Waals surface area contributed by atoms with E-state index in [0.29, 0.717) is 30.7 Å². The van der Waals surface area contributed by atoms with Gasteiger partial charge in [-0.2, -0.15) is 0 Å². The van der Waals surface area contributed by atoms with Crippen molar-refractivity contribution in [3.63, 3.8) is 0 Å². The highest BCUT2D eigenvalue weighted by Gasteiger charge is 2.40. The van der Waals surface area contributed by atoms with Crippen molar-refractivity contribution in [2.24, 2.45) is 0 Å². The molecule has 1 fully saturated rings. The Balaban J connectivity index is 2.05. The predicted octanol–water partition coefficient (Wildman–Crippen LogP) is 6.20. The topological polar surface area (TPSA) is 77.1 Å². The van der Waals surface area contributed by atoms with Crippen LogP contribution in [-0.2, 0) is 23.1 Å². The average molecular weight is 508 g/mol. The Morgan fingerprint density at radius 1 is 0.853 bits per heavy atom. The van der Waals surface area contributed by atoms with E-state index in [9.17, 15) is 9.46 Å². The Kier molecular flexibility index (Phi) is 17.2. The first kappa shape index (κ1) is 32.0. The van der Waals surface area contributed by atoms with Crippen LogP contribution in [0.25, 0.3) is 0 Å². The van der Waals surface area contributed by atoms with Crippen molar-refractivity contribution in [2.45, 2.75) is 115 Å². The summed E-state index contributed by atoms with van der Waals surface area (Å²) in [5.41, 5.74) is 0. The summed E-state index contributed by atoms with van der Waals surface area (Å²) in [6.07, 6.45) is 19.7. The molecule has 1 rings (SSSR count). The lowest BCUT2D eigenvalue weighted by Gasteiger charge is -2.35. The lowest BCUT2D eigenvalue weighted by atomic mass is 10.0. The molecule has 1 heterocycles. The Bertz CT molecular complexity index is 534. The fourth-order valence-corrected chi connectivity index (χ4v) is 5.13. The van der Waals surface area contributed by atoms with Gasteiger partial charge in [0.1, 0.15) is 19.8 Å². The zero-order chi connectivity index (χ0) is 25.2. The Labute approximate surface area is 210 Å². The van der Waals surface area contributed by atoms with Gasteiger partial charge in [0.05, 0.1) is 27.7 Å². The number of rotatable bonds is 23. The first-order valence-electron chi connectivity index (χ1n) is 13.9. The van der Waals surface area contributed by atoms with E-state index in [2.05, 4.69) is 6.92 Å². The van der Waals surface area contributed by atoms with Crippen molar-refractivity contribution >= 4 is 7.82 Å². The van der Waals surface area contributed by atoms with Crippen molar-refractivity contribution in [2.75, 3.05) is 54.1 Å². The molecule has 0 radical (unpaired) electrons. The normalized spacial score (nSPS) is 20.6. The largest absolute Gasteiger partial charge is 0.756 e. The number of phosphoric ester groups is 1. The first-order chi connectivity index (χ1) is 16.2. The molecule has 0 aliphatic carbocycles. The van der Waals surface area contributed by atoms with Gasteiger partial charge in [0.2, 0.25) is 0 Å². The summed E-state index contributed by atoms with van der Waals surface area (Å²) in [4.78, 5) is 12.3. The monoisotopic (exact) mass is 507 g/mol. The number of unbranched alkanes of at least 4 members (excludes halogenated alkanes) is 13. The maximum absolute atomic E-state index is 12.3. The van der Waals surface area contributed by atoms with Gasteiger partial charge in [-0.3, -0.25) is 9.09 Å². The van der Waals surface area contributed by atoms with Crippen LogP contribution in [0.2, 0.25) is 0 Å². The van der Waals surface area contributed by atoms with E-state index < -0.39 is 13.6 Å². The van der Waals surface area contributed by atoms with Crippen LogP contribution in [0.15, 0.2) is 0 Å². The molecule has 1 saturated heterocycles. The molecule has 1 aliphatic rings. The van der Waals surface area contributed by atoms with Gasteiger partial charge >= 0.3 is 0 Å². The Hall–Kier alpha value is -0.0100. The average Bonchev–Trinajstić information content (AvgIpc) is 3.20. The molecule has 1 aliphatic heterocycles. The Morgan fingerprint density at radius 2 is 1.38 bits per heavy atom. The number of ether oxygens (including phenoxy) is 2. The van der Waals surface area contributed by atoms with Gasteiger partial charge < -0.3 is 23.4 Å². The second-order valence-electron chi connectivity index (χ2n) is 10.9. The van der Waals surface area contributed by atoms with Gasteiger partial charge in [-0.25, -0.2) is 0 Å². The van der Waals surface area contributed by atoms with Gasteiger partial charge in [0.25, 0.3) is 7.82 Å². The second-order valence-corrected chi connectivity index (χ2v) is 12.2. The highest BCUT2D eigenvalue weighted by atomic mass is 31.2. The summed E-state index contributed by atoms with van der Waals surface area (Å²) in [5.74, 6) is -1.23. The first-order valence-corrected chi connectivity index (χ1v) is 15.3. The van der Waals surface area contributed by atoms with Gasteiger partial charge in [0, 0.05) is 13.0 Å². The van der Waals surface area contributed by atoms with Crippen molar-refractivity contribution in [1.29, 1.82) is 0 Å². The molecule has 204 valence electrons. The lowest BCUT2D eigenvalue weighted by Crippen LogP contribution is -2.40. The number of quaternary nitrogens is 1. The summed E-state index contributed by atoms with van der Waals surface area (Å²) in [6.45, 7) is 4.11. The molecule has 2 atom stereocenters. The zero-order valence-electron chi connectivity index (χ0n) is 22.7. The van der Waals surface area contributed by atoms with Crippen LogP contribution < -0.4 is 4.89 Å². The van der Waals surface area contributed by atoms with Gasteiger partial charge in [-0.1, -0.05) is 90.4 Å². The molecular formula is C26H54NO6P. The van der Waals surface area contributed by atoms with E-state index in [1.165, 1.54) is 77.0 Å². The van der Waals surface area contributed by atoms with E-state index in [0.717, 1.165) is 19.3 Å². The molecule has 0 bridgehead atoms. The van der Waals surface area contributed by atoms with E-state index in [-0.39, 0.29) is 13.2 Å². The van der Waals surface area contributed by atoms with Crippen molar-refractivity contribution in [3.8, 4) is 0 Å². The van der Waals surface area contributed by atoms with Gasteiger partial charge in [-0.05, 0) is 12.8 Å². The third-order valence-corrected chi connectivity index (χ3v) is 7.38. The zero-order valence-corrected chi connectivity index (χ0v) is 23.6. The molecule has 0 aromatic rings. The van der Waals surface area contributed by atoms with Crippen LogP contribution in [0.4, 0.5) is 0 Å². The summed E-state index contributed by atoms with van der Waals surface area (Å²) in [6, 6.07) is 0. The molecule has 0 saturated carbocycles. The van der Waals surface area contributed by atoms with Crippen molar-refractivity contribution in [1.82, 2.24) is 0 Å². The summed E-state index contributed by atoms with van der Waals surface area (Å²) in [7, 11) is 1.49. The van der Waals surface area contributed by atoms with Gasteiger partial charge in [0.15, 0.2) is 5.79 Å². The third kappa shape index (κ3) is 17.4. The number of phosphoric acid groups is 1. The molecule has 7 nitrogen and oxygen atoms in total. The second kappa shape index (κ2) is 18.3. The minimum Gasteiger partial charge on any atom is -0.756 e. The smallest absolute Gasteiger partial charge is 0.270 e. The highest BCUT2D eigenvalue weighted by molar-refractivity contribution is 7.45. The van der Waals surface area contributed by atoms with Crippen LogP contribution in [0.1, 0.15) is 110 Å². The van der Waals surface area contributed by atoms with Crippen LogP contribution in [0, 0.1) is 0 Å². The van der Waals surface area contributed by atoms with Crippen molar-refractivity contribution < 1.29 is 32.5 Å². The van der Waals surface area contributed by atoms with E-state index in [4.69, 9.17) is 18.5 Å². The molecule has 0 aromatic heterocycles. The molecule has 0 N–H and O–H groups in total. The fourth-order valence-electron chi connectivity index (χ4n) is 4.17. The lowest BCUT2D eigenvalue weighted by molar-refractivity contribution is -0.870. The minimum absolute atomic E-state index is 0.0836. The SMILES string of the molecule is CCCCCCCCCCCCCCCCOCC1(OP(=O)([O-])OCC[N+](C)(C)C)CCCO1. The number of hydrogen-bond donors (Lipinski definition) is 0. The van der Waals surface area contributed by atoms with Crippen LogP contribution in [0.3, 0.4) is 0 Å². The van der Waals surface area contributed by atoms with E-state index in [1.54, 1.807) is 0 Å². The molecule has 34 heavy (non-hydrogen) atoms. The summed E-state index contributed by atoms with van der Waals surface area (Å²) in [5, 5.41) is 0. The molecular weight excluding hydrogens is 453 g/mol. The summed E-state index contributed by atoms with van der Waals surface area (Å²) >= 11 is 0. The molecule has 2 unspecified atom stereocenters. The third-order valence-electron chi connectivity index (χ3n) is 6.32. The maximum atomic E-state index is 12.3. The van der Waals surface area contributed by atoms with Crippen molar-refractivity contribution in [3.05, 3.63) is 0 Å². The van der Waals surface area contributed by atoms with E-state index >= 15 is 0 Å². The molecule has 0 amide bonds. The number of nitrogens with zero attached hydrogens (tertiary/aromatic N) is 1. The molecule has 0 aromatic carbocycles. The quantitative estimate of drug-likeness (QED) is 0.0931. The van der Waals surface area contributed by atoms with Gasteiger partial charge in [-0.15, -0.1) is 0 Å². The summed E-state index contributed by atoms with van der Waals surface area (Å²) < 4.78 is 34.7. The van der Waals surface area contributed by atoms with E-state index in [1.807, 2.05) is 21.1 Å². The number of hydrogen-bond acceptors (Lipinski definition) is 6. The molecule has 8 heteroatoms. The fraction of sp³-hybridized carbons (Fsp3) is 1.00. The van der Waals surface area contributed by atoms with Crippen LogP contribution in [0.5, 0.6) is 0 Å². The van der Waals surface area contributed by atoms with Crippen LogP contribution >= 0.6 is 7.82 Å². The Morgan fingerprint density at radius 3 is 1.85 bits per heavy atom.